The zero-order valence-electron chi connectivity index (χ0n) is 7.03. The lowest BCUT2D eigenvalue weighted by Gasteiger charge is -1.92. The summed E-state index contributed by atoms with van der Waals surface area (Å²) in [5.41, 5.74) is 0. The van der Waals surface area contributed by atoms with E-state index in [9.17, 15) is 8.42 Å². The average molecular weight is 216 g/mol. The van der Waals surface area contributed by atoms with Crippen molar-refractivity contribution in [3.8, 4) is 0 Å². The molecule has 0 heterocycles. The zero-order valence-corrected chi connectivity index (χ0v) is 7.85. The van der Waals surface area contributed by atoms with Crippen LogP contribution in [0, 0.1) is 0 Å². The number of benzene rings is 1. The second kappa shape index (κ2) is 6.01. The van der Waals surface area contributed by atoms with E-state index < -0.39 is 10.1 Å². The van der Waals surface area contributed by atoms with Crippen LogP contribution in [0.4, 0.5) is 0 Å². The molecule has 0 amide bonds. The van der Waals surface area contributed by atoms with Crippen LogP contribution in [0.3, 0.4) is 0 Å². The molecule has 14 heavy (non-hydrogen) atoms. The molecule has 0 aliphatic carbocycles. The van der Waals surface area contributed by atoms with Gasteiger partial charge >= 0.3 is 0 Å². The number of hydrogen-bond acceptors (Lipinski definition) is 4. The molecular formula is C8H8O5S. The zero-order chi connectivity index (χ0) is 11.0. The largest absolute Gasteiger partial charge is 0.295 e. The Labute approximate surface area is 81.1 Å². The van der Waals surface area contributed by atoms with E-state index in [4.69, 9.17) is 14.1 Å². The van der Waals surface area contributed by atoms with Gasteiger partial charge in [-0.15, -0.1) is 0 Å². The van der Waals surface area contributed by atoms with Crippen LogP contribution in [0.1, 0.15) is 0 Å². The van der Waals surface area contributed by atoms with E-state index in [2.05, 4.69) is 0 Å². The van der Waals surface area contributed by atoms with Gasteiger partial charge in [0.15, 0.2) is 12.6 Å². The maximum Gasteiger partial charge on any atom is 0.294 e. The lowest BCUT2D eigenvalue weighted by atomic mass is 10.4. The normalized spacial score (nSPS) is 9.50. The summed E-state index contributed by atoms with van der Waals surface area (Å²) >= 11 is 0. The van der Waals surface area contributed by atoms with Crippen LogP contribution >= 0.6 is 0 Å². The first-order valence-electron chi connectivity index (χ1n) is 3.44. The summed E-state index contributed by atoms with van der Waals surface area (Å²) in [5, 5.41) is 0. The molecular weight excluding hydrogens is 208 g/mol. The van der Waals surface area contributed by atoms with E-state index in [0.29, 0.717) is 0 Å². The Balaban J connectivity index is 0.000000364. The molecule has 0 unspecified atom stereocenters. The van der Waals surface area contributed by atoms with Crippen molar-refractivity contribution < 1.29 is 22.6 Å². The molecule has 1 N–H and O–H groups in total. The van der Waals surface area contributed by atoms with Crippen molar-refractivity contribution in [3.63, 3.8) is 0 Å². The van der Waals surface area contributed by atoms with Crippen LogP contribution in [-0.4, -0.2) is 25.5 Å². The third-order valence-electron chi connectivity index (χ3n) is 1.10. The Morgan fingerprint density at radius 2 is 1.43 bits per heavy atom. The molecule has 0 fully saturated rings. The number of aldehydes is 2. The van der Waals surface area contributed by atoms with Gasteiger partial charge in [0.1, 0.15) is 0 Å². The minimum absolute atomic E-state index is 0.0741. The Hall–Kier alpha value is -1.53. The van der Waals surface area contributed by atoms with Gasteiger partial charge in [-0.25, -0.2) is 0 Å². The highest BCUT2D eigenvalue weighted by Crippen LogP contribution is 2.05. The standard InChI is InChI=1S/C6H6O3S.C2H2O2/c7-10(8,9)6-4-2-1-3-5-6;3-1-2-4/h1-5H,(H,7,8,9);1-2H. The molecule has 1 rings (SSSR count). The maximum atomic E-state index is 10.4. The Bertz CT molecular complexity index is 375. The molecule has 0 aromatic heterocycles. The smallest absolute Gasteiger partial charge is 0.294 e. The first-order valence-corrected chi connectivity index (χ1v) is 4.88. The van der Waals surface area contributed by atoms with Crippen molar-refractivity contribution in [1.82, 2.24) is 0 Å². The van der Waals surface area contributed by atoms with Gasteiger partial charge in [0, 0.05) is 0 Å². The van der Waals surface area contributed by atoms with Gasteiger partial charge in [0.05, 0.1) is 4.90 Å². The van der Waals surface area contributed by atoms with Crippen LogP contribution < -0.4 is 0 Å². The average Bonchev–Trinajstić information content (AvgIpc) is 2.18. The minimum Gasteiger partial charge on any atom is -0.295 e. The highest BCUT2D eigenvalue weighted by Gasteiger charge is 2.05. The summed E-state index contributed by atoms with van der Waals surface area (Å²) in [6.45, 7) is 0. The quantitative estimate of drug-likeness (QED) is 0.437. The van der Waals surface area contributed by atoms with Gasteiger partial charge in [0.25, 0.3) is 10.1 Å². The monoisotopic (exact) mass is 216 g/mol. The van der Waals surface area contributed by atoms with E-state index >= 15 is 0 Å². The molecule has 5 nitrogen and oxygen atoms in total. The third-order valence-corrected chi connectivity index (χ3v) is 1.96. The van der Waals surface area contributed by atoms with Gasteiger partial charge in [0.2, 0.25) is 0 Å². The van der Waals surface area contributed by atoms with E-state index in [1.165, 1.54) is 12.1 Å². The lowest BCUT2D eigenvalue weighted by Crippen LogP contribution is -1.96. The molecule has 76 valence electrons. The second-order valence-electron chi connectivity index (χ2n) is 2.06. The van der Waals surface area contributed by atoms with Crippen LogP contribution in [0.2, 0.25) is 0 Å². The van der Waals surface area contributed by atoms with Gasteiger partial charge in [-0.05, 0) is 12.1 Å². The van der Waals surface area contributed by atoms with Gasteiger partial charge in [-0.2, -0.15) is 8.42 Å². The van der Waals surface area contributed by atoms with E-state index in [-0.39, 0.29) is 17.5 Å². The molecule has 0 saturated heterocycles. The summed E-state index contributed by atoms with van der Waals surface area (Å²) in [4.78, 5) is 17.5. The second-order valence-corrected chi connectivity index (χ2v) is 3.48. The fraction of sp³-hybridized carbons (Fsp3) is 0. The summed E-state index contributed by atoms with van der Waals surface area (Å²) in [5.74, 6) is 0. The first kappa shape index (κ1) is 12.5. The van der Waals surface area contributed by atoms with E-state index in [1.54, 1.807) is 18.2 Å². The molecule has 1 aromatic rings. The fourth-order valence-electron chi connectivity index (χ4n) is 0.592. The predicted molar refractivity (Wildman–Crippen MR) is 48.4 cm³/mol. The summed E-state index contributed by atoms with van der Waals surface area (Å²) in [6, 6.07) is 7.42. The highest BCUT2D eigenvalue weighted by molar-refractivity contribution is 7.85. The molecule has 0 aliphatic heterocycles. The van der Waals surface area contributed by atoms with Crippen LogP contribution in [0.5, 0.6) is 0 Å². The number of hydrogen-bond donors (Lipinski definition) is 1. The molecule has 0 radical (unpaired) electrons. The summed E-state index contributed by atoms with van der Waals surface area (Å²) in [7, 11) is -4.00. The maximum absolute atomic E-state index is 10.4. The van der Waals surface area contributed by atoms with Crippen LogP contribution in [0.25, 0.3) is 0 Å². The van der Waals surface area contributed by atoms with Crippen molar-refractivity contribution in [2.75, 3.05) is 0 Å². The molecule has 1 aromatic carbocycles. The van der Waals surface area contributed by atoms with Crippen molar-refractivity contribution >= 4 is 22.7 Å². The van der Waals surface area contributed by atoms with Crippen molar-refractivity contribution in [1.29, 1.82) is 0 Å². The molecule has 0 aliphatic rings. The van der Waals surface area contributed by atoms with Crippen LogP contribution in [0.15, 0.2) is 35.2 Å². The van der Waals surface area contributed by atoms with Gasteiger partial charge < -0.3 is 0 Å². The number of rotatable bonds is 2. The topological polar surface area (TPSA) is 88.5 Å². The summed E-state index contributed by atoms with van der Waals surface area (Å²) < 4.78 is 29.2. The first-order chi connectivity index (χ1) is 6.52. The lowest BCUT2D eigenvalue weighted by molar-refractivity contribution is -0.122. The number of carbonyl (C=O) groups excluding carboxylic acids is 2. The SMILES string of the molecule is O=CC=O.O=S(=O)(O)c1ccccc1. The Morgan fingerprint density at radius 3 is 1.64 bits per heavy atom. The van der Waals surface area contributed by atoms with Gasteiger partial charge in [-0.3, -0.25) is 14.1 Å². The molecule has 6 heteroatoms. The third kappa shape index (κ3) is 5.18. The molecule has 0 bridgehead atoms. The van der Waals surface area contributed by atoms with Gasteiger partial charge in [-0.1, -0.05) is 18.2 Å². The minimum atomic E-state index is -4.00. The van der Waals surface area contributed by atoms with E-state index in [0.717, 1.165) is 0 Å². The predicted octanol–water partition coefficient (Wildman–Crippen LogP) is 0.317. The summed E-state index contributed by atoms with van der Waals surface area (Å²) in [6.07, 6.45) is 0.389. The Morgan fingerprint density at radius 1 is 1.00 bits per heavy atom. The fourth-order valence-corrected chi connectivity index (χ4v) is 1.09. The number of carbonyl (C=O) groups is 2. The van der Waals surface area contributed by atoms with Crippen molar-refractivity contribution in [3.05, 3.63) is 30.3 Å². The molecule has 0 spiro atoms. The van der Waals surface area contributed by atoms with Crippen LogP contribution in [-0.2, 0) is 19.7 Å². The highest BCUT2D eigenvalue weighted by atomic mass is 32.2. The van der Waals surface area contributed by atoms with Crippen molar-refractivity contribution in [2.45, 2.75) is 4.90 Å². The van der Waals surface area contributed by atoms with E-state index in [1.807, 2.05) is 0 Å². The van der Waals surface area contributed by atoms with Crippen molar-refractivity contribution in [2.24, 2.45) is 0 Å². The molecule has 0 saturated carbocycles. The Kier molecular flexibility index (Phi) is 5.35. The molecule has 0 atom stereocenters.